The zero-order valence-electron chi connectivity index (χ0n) is 5.88. The monoisotopic (exact) mass is 129 g/mol. The van der Waals surface area contributed by atoms with Crippen molar-refractivity contribution in [2.24, 2.45) is 11.7 Å². The van der Waals surface area contributed by atoms with Crippen molar-refractivity contribution in [3.05, 3.63) is 0 Å². The highest BCUT2D eigenvalue weighted by atomic mass is 16.3. The first-order chi connectivity index (χ1) is 4.20. The maximum Gasteiger partial charge on any atom is 0.0691 e. The van der Waals surface area contributed by atoms with Gasteiger partial charge in [-0.1, -0.05) is 6.92 Å². The lowest BCUT2D eigenvalue weighted by Crippen LogP contribution is -2.39. The maximum atomic E-state index is 9.17. The maximum absolute atomic E-state index is 9.17. The van der Waals surface area contributed by atoms with Crippen LogP contribution in [0.4, 0.5) is 0 Å². The molecule has 1 fully saturated rings. The number of aliphatic hydroxyl groups is 1. The third-order valence-electron chi connectivity index (χ3n) is 2.12. The van der Waals surface area contributed by atoms with E-state index in [2.05, 4.69) is 6.92 Å². The van der Waals surface area contributed by atoms with Crippen LogP contribution < -0.4 is 5.73 Å². The van der Waals surface area contributed by atoms with Gasteiger partial charge in [0.25, 0.3) is 0 Å². The minimum atomic E-state index is -0.235. The predicted octanol–water partition coefficient (Wildman–Crippen LogP) is 0.495. The molecule has 1 rings (SSSR count). The summed E-state index contributed by atoms with van der Waals surface area (Å²) < 4.78 is 0. The highest BCUT2D eigenvalue weighted by molar-refractivity contribution is 4.79. The Morgan fingerprint density at radius 1 is 1.44 bits per heavy atom. The van der Waals surface area contributed by atoms with E-state index >= 15 is 0 Å². The van der Waals surface area contributed by atoms with E-state index in [1.807, 2.05) is 0 Å². The van der Waals surface area contributed by atoms with Gasteiger partial charge in [-0.3, -0.25) is 0 Å². The lowest BCUT2D eigenvalue weighted by Gasteiger charge is -2.28. The van der Waals surface area contributed by atoms with Crippen LogP contribution in [0.25, 0.3) is 0 Å². The van der Waals surface area contributed by atoms with Crippen molar-refractivity contribution in [1.29, 1.82) is 0 Å². The zero-order valence-corrected chi connectivity index (χ0v) is 5.88. The molecule has 0 radical (unpaired) electrons. The Morgan fingerprint density at radius 3 is 2.56 bits per heavy atom. The van der Waals surface area contributed by atoms with Crippen molar-refractivity contribution in [1.82, 2.24) is 0 Å². The molecule has 0 spiro atoms. The first-order valence-electron chi connectivity index (χ1n) is 3.64. The molecular formula is C7H15NO. The largest absolute Gasteiger partial charge is 0.392 e. The van der Waals surface area contributed by atoms with Crippen LogP contribution in [0.1, 0.15) is 26.2 Å². The summed E-state index contributed by atoms with van der Waals surface area (Å²) in [6.07, 6.45) is 2.78. The van der Waals surface area contributed by atoms with E-state index in [-0.39, 0.29) is 12.1 Å². The highest BCUT2D eigenvalue weighted by Crippen LogP contribution is 2.22. The minimum absolute atomic E-state index is 0.0359. The van der Waals surface area contributed by atoms with Gasteiger partial charge in [0.15, 0.2) is 0 Å². The van der Waals surface area contributed by atoms with Crippen molar-refractivity contribution >= 4 is 0 Å². The van der Waals surface area contributed by atoms with E-state index in [1.54, 1.807) is 0 Å². The number of hydrogen-bond acceptors (Lipinski definition) is 2. The van der Waals surface area contributed by atoms with Crippen molar-refractivity contribution in [2.45, 2.75) is 38.3 Å². The first-order valence-corrected chi connectivity index (χ1v) is 3.64. The van der Waals surface area contributed by atoms with Crippen molar-refractivity contribution in [3.63, 3.8) is 0 Å². The average molecular weight is 129 g/mol. The molecule has 3 atom stereocenters. The third kappa shape index (κ3) is 1.66. The van der Waals surface area contributed by atoms with Crippen molar-refractivity contribution in [3.8, 4) is 0 Å². The number of rotatable bonds is 0. The second-order valence-electron chi connectivity index (χ2n) is 3.15. The van der Waals surface area contributed by atoms with E-state index in [9.17, 15) is 5.11 Å². The van der Waals surface area contributed by atoms with Crippen LogP contribution in [0.5, 0.6) is 0 Å². The van der Waals surface area contributed by atoms with Gasteiger partial charge in [-0.25, -0.2) is 0 Å². The van der Waals surface area contributed by atoms with Crippen LogP contribution in [0.3, 0.4) is 0 Å². The van der Waals surface area contributed by atoms with Gasteiger partial charge in [0.1, 0.15) is 0 Å². The van der Waals surface area contributed by atoms with Gasteiger partial charge in [-0.15, -0.1) is 0 Å². The summed E-state index contributed by atoms with van der Waals surface area (Å²) in [4.78, 5) is 0. The third-order valence-corrected chi connectivity index (χ3v) is 2.12. The summed E-state index contributed by atoms with van der Waals surface area (Å²) in [5.41, 5.74) is 5.62. The van der Waals surface area contributed by atoms with Gasteiger partial charge in [0, 0.05) is 6.04 Å². The molecule has 0 aromatic rings. The van der Waals surface area contributed by atoms with Crippen LogP contribution in [0.2, 0.25) is 0 Å². The first kappa shape index (κ1) is 7.03. The molecule has 0 unspecified atom stereocenters. The molecule has 0 saturated heterocycles. The smallest absolute Gasteiger partial charge is 0.0691 e. The molecule has 0 aromatic heterocycles. The molecular weight excluding hydrogens is 114 g/mol. The number of aliphatic hydroxyl groups excluding tert-OH is 1. The molecule has 0 heterocycles. The Kier molecular flexibility index (Phi) is 2.09. The topological polar surface area (TPSA) is 46.2 Å². The zero-order chi connectivity index (χ0) is 6.85. The summed E-state index contributed by atoms with van der Waals surface area (Å²) in [6.45, 7) is 2.19. The molecule has 0 aromatic carbocycles. The van der Waals surface area contributed by atoms with Gasteiger partial charge in [-0.2, -0.15) is 0 Å². The molecule has 2 nitrogen and oxygen atoms in total. The van der Waals surface area contributed by atoms with Gasteiger partial charge < -0.3 is 10.8 Å². The van der Waals surface area contributed by atoms with Gasteiger partial charge in [0.05, 0.1) is 6.10 Å². The van der Waals surface area contributed by atoms with Crippen LogP contribution in [-0.4, -0.2) is 17.3 Å². The predicted molar refractivity (Wildman–Crippen MR) is 37.0 cm³/mol. The standard InChI is InChI=1S/C7H15NO/c1-5-2-3-7(9)6(8)4-5/h5-7,9H,2-4,8H2,1H3/t5-,6-,7-/m1/s1. The molecule has 0 aliphatic heterocycles. The molecule has 2 heteroatoms. The van der Waals surface area contributed by atoms with E-state index < -0.39 is 0 Å². The lowest BCUT2D eigenvalue weighted by molar-refractivity contribution is 0.0906. The van der Waals surface area contributed by atoms with Crippen LogP contribution in [0.15, 0.2) is 0 Å². The Bertz CT molecular complexity index is 94.9. The summed E-state index contributed by atoms with van der Waals surface area (Å²) in [6, 6.07) is 0.0359. The average Bonchev–Trinajstić information content (AvgIpc) is 1.80. The van der Waals surface area contributed by atoms with Crippen LogP contribution in [0, 0.1) is 5.92 Å². The summed E-state index contributed by atoms with van der Waals surface area (Å²) >= 11 is 0. The molecule has 54 valence electrons. The Balaban J connectivity index is 2.35. The SMILES string of the molecule is C[C@@H]1CC[C@@H](O)[C@H](N)C1. The fraction of sp³-hybridized carbons (Fsp3) is 1.00. The minimum Gasteiger partial charge on any atom is -0.392 e. The molecule has 9 heavy (non-hydrogen) atoms. The molecule has 0 bridgehead atoms. The normalized spacial score (nSPS) is 45.0. The summed E-state index contributed by atoms with van der Waals surface area (Å²) in [5, 5.41) is 9.17. The van der Waals surface area contributed by atoms with E-state index in [1.165, 1.54) is 0 Å². The quantitative estimate of drug-likeness (QED) is 0.500. The van der Waals surface area contributed by atoms with Crippen molar-refractivity contribution in [2.75, 3.05) is 0 Å². The molecule has 0 amide bonds. The van der Waals surface area contributed by atoms with E-state index in [0.29, 0.717) is 5.92 Å². The number of nitrogens with two attached hydrogens (primary N) is 1. The Morgan fingerprint density at radius 2 is 2.11 bits per heavy atom. The molecule has 1 aliphatic rings. The lowest BCUT2D eigenvalue weighted by atomic mass is 9.86. The van der Waals surface area contributed by atoms with Gasteiger partial charge in [-0.05, 0) is 25.2 Å². The van der Waals surface area contributed by atoms with Crippen molar-refractivity contribution < 1.29 is 5.11 Å². The Hall–Kier alpha value is -0.0800. The molecule has 3 N–H and O–H groups in total. The fourth-order valence-electron chi connectivity index (χ4n) is 1.41. The second kappa shape index (κ2) is 2.67. The fourth-order valence-corrected chi connectivity index (χ4v) is 1.41. The summed E-state index contributed by atoms with van der Waals surface area (Å²) in [5.74, 6) is 0.711. The highest BCUT2D eigenvalue weighted by Gasteiger charge is 2.23. The van der Waals surface area contributed by atoms with E-state index in [4.69, 9.17) is 5.73 Å². The second-order valence-corrected chi connectivity index (χ2v) is 3.15. The molecule has 1 saturated carbocycles. The van der Waals surface area contributed by atoms with Crippen LogP contribution in [-0.2, 0) is 0 Å². The van der Waals surface area contributed by atoms with Crippen LogP contribution >= 0.6 is 0 Å². The van der Waals surface area contributed by atoms with Gasteiger partial charge >= 0.3 is 0 Å². The Labute approximate surface area is 56.1 Å². The molecule has 1 aliphatic carbocycles. The van der Waals surface area contributed by atoms with Gasteiger partial charge in [0.2, 0.25) is 0 Å². The summed E-state index contributed by atoms with van der Waals surface area (Å²) in [7, 11) is 0. The number of hydrogen-bond donors (Lipinski definition) is 2. The van der Waals surface area contributed by atoms with E-state index in [0.717, 1.165) is 19.3 Å².